The topological polar surface area (TPSA) is 47.6 Å². The molecule has 0 fully saturated rings. The van der Waals surface area contributed by atoms with Crippen LogP contribution in [0.1, 0.15) is 24.1 Å². The van der Waals surface area contributed by atoms with E-state index in [0.29, 0.717) is 24.7 Å². The smallest absolute Gasteiger partial charge is 0.244 e. The number of carbonyl (C=O) groups is 1. The van der Waals surface area contributed by atoms with Gasteiger partial charge in [0.05, 0.1) is 6.04 Å². The molecule has 2 aromatic carbocycles. The number of nitrogens with one attached hydrogen (secondary N) is 1. The molecule has 130 valence electrons. The monoisotopic (exact) mass is 345 g/mol. The summed E-state index contributed by atoms with van der Waals surface area (Å²) >= 11 is 0. The Hall–Kier alpha value is -2.89. The molecule has 0 radical (unpaired) electrons. The van der Waals surface area contributed by atoms with Crippen molar-refractivity contribution in [3.63, 3.8) is 0 Å². The molecule has 0 aromatic heterocycles. The highest BCUT2D eigenvalue weighted by Gasteiger charge is 2.15. The molecule has 3 rings (SSSR count). The van der Waals surface area contributed by atoms with Crippen LogP contribution >= 0.6 is 0 Å². The van der Waals surface area contributed by atoms with Crippen LogP contribution in [0.4, 0.5) is 8.78 Å². The number of rotatable bonds is 4. The van der Waals surface area contributed by atoms with Crippen LogP contribution in [0.15, 0.2) is 42.5 Å². The first-order valence-electron chi connectivity index (χ1n) is 7.86. The molecule has 0 saturated carbocycles. The molecule has 1 N–H and O–H groups in total. The van der Waals surface area contributed by atoms with E-state index in [1.165, 1.54) is 18.2 Å². The van der Waals surface area contributed by atoms with E-state index in [2.05, 4.69) is 5.32 Å². The lowest BCUT2D eigenvalue weighted by Gasteiger charge is -2.20. The van der Waals surface area contributed by atoms with Crippen molar-refractivity contribution in [3.05, 3.63) is 65.2 Å². The molecule has 1 heterocycles. The molecule has 1 aliphatic rings. The van der Waals surface area contributed by atoms with Crippen LogP contribution in [0, 0.1) is 11.6 Å². The fourth-order valence-corrected chi connectivity index (χ4v) is 2.48. The van der Waals surface area contributed by atoms with Crippen LogP contribution < -0.4 is 14.8 Å². The molecule has 4 nitrogen and oxygen atoms in total. The summed E-state index contributed by atoms with van der Waals surface area (Å²) < 4.78 is 37.4. The number of ether oxygens (including phenoxy) is 2. The van der Waals surface area contributed by atoms with Gasteiger partial charge in [-0.3, -0.25) is 4.79 Å². The largest absolute Gasteiger partial charge is 0.486 e. The van der Waals surface area contributed by atoms with Gasteiger partial charge in [-0.25, -0.2) is 8.78 Å². The summed E-state index contributed by atoms with van der Waals surface area (Å²) in [6, 6.07) is 8.39. The predicted octanol–water partition coefficient (Wildman–Crippen LogP) is 3.63. The van der Waals surface area contributed by atoms with Crippen LogP contribution in [-0.4, -0.2) is 19.1 Å². The molecule has 0 spiro atoms. The molecule has 1 amide bonds. The zero-order valence-electron chi connectivity index (χ0n) is 13.6. The van der Waals surface area contributed by atoms with Crippen LogP contribution in [0.3, 0.4) is 0 Å². The van der Waals surface area contributed by atoms with Gasteiger partial charge in [0.25, 0.3) is 0 Å². The van der Waals surface area contributed by atoms with Gasteiger partial charge in [-0.2, -0.15) is 0 Å². The third-order valence-corrected chi connectivity index (χ3v) is 3.80. The van der Waals surface area contributed by atoms with Gasteiger partial charge in [-0.05, 0) is 42.8 Å². The Kier molecular flexibility index (Phi) is 4.97. The molecule has 0 bridgehead atoms. The molecule has 2 aromatic rings. The number of halogens is 2. The normalized spacial score (nSPS) is 14.4. The van der Waals surface area contributed by atoms with Crippen molar-refractivity contribution in [2.24, 2.45) is 0 Å². The maximum Gasteiger partial charge on any atom is 0.244 e. The zero-order valence-corrected chi connectivity index (χ0v) is 13.6. The van der Waals surface area contributed by atoms with Crippen molar-refractivity contribution in [1.29, 1.82) is 0 Å². The van der Waals surface area contributed by atoms with E-state index in [9.17, 15) is 13.6 Å². The molecule has 0 aliphatic carbocycles. The highest BCUT2D eigenvalue weighted by molar-refractivity contribution is 5.92. The molecular weight excluding hydrogens is 328 g/mol. The highest BCUT2D eigenvalue weighted by atomic mass is 19.1. The fraction of sp³-hybridized carbons (Fsp3) is 0.211. The van der Waals surface area contributed by atoms with E-state index in [4.69, 9.17) is 9.47 Å². The molecule has 1 unspecified atom stereocenters. The first kappa shape index (κ1) is 17.0. The number of fused-ring (bicyclic) bond motifs is 1. The standard InChI is InChI=1S/C19H17F2NO3/c1-12(14-3-6-17-18(10-14)25-9-8-24-17)22-19(23)7-4-13-2-5-15(20)11-16(13)21/h2-7,10-12H,8-9H2,1H3,(H,22,23)/b7-4+. The van der Waals surface area contributed by atoms with Crippen molar-refractivity contribution < 1.29 is 23.0 Å². The molecular formula is C19H17F2NO3. The Morgan fingerprint density at radius 1 is 1.12 bits per heavy atom. The van der Waals surface area contributed by atoms with Gasteiger partial charge in [0, 0.05) is 17.7 Å². The fourth-order valence-electron chi connectivity index (χ4n) is 2.48. The van der Waals surface area contributed by atoms with Crippen molar-refractivity contribution in [1.82, 2.24) is 5.32 Å². The van der Waals surface area contributed by atoms with E-state index >= 15 is 0 Å². The summed E-state index contributed by atoms with van der Waals surface area (Å²) in [5.74, 6) is -0.435. The van der Waals surface area contributed by atoms with E-state index in [0.717, 1.165) is 17.7 Å². The van der Waals surface area contributed by atoms with E-state index in [-0.39, 0.29) is 17.5 Å². The second-order valence-electron chi connectivity index (χ2n) is 5.63. The number of carbonyl (C=O) groups excluding carboxylic acids is 1. The van der Waals surface area contributed by atoms with Gasteiger partial charge < -0.3 is 14.8 Å². The van der Waals surface area contributed by atoms with Crippen LogP contribution in [0.25, 0.3) is 6.08 Å². The lowest BCUT2D eigenvalue weighted by atomic mass is 10.1. The third-order valence-electron chi connectivity index (χ3n) is 3.80. The molecule has 25 heavy (non-hydrogen) atoms. The lowest BCUT2D eigenvalue weighted by molar-refractivity contribution is -0.117. The maximum atomic E-state index is 13.5. The molecule has 1 atom stereocenters. The first-order valence-corrected chi connectivity index (χ1v) is 7.86. The minimum atomic E-state index is -0.719. The van der Waals surface area contributed by atoms with Crippen molar-refractivity contribution >= 4 is 12.0 Å². The summed E-state index contributed by atoms with van der Waals surface area (Å²) in [6.45, 7) is 2.84. The van der Waals surface area contributed by atoms with Crippen molar-refractivity contribution in [3.8, 4) is 11.5 Å². The molecule has 0 saturated heterocycles. The second-order valence-corrected chi connectivity index (χ2v) is 5.63. The zero-order chi connectivity index (χ0) is 17.8. The summed E-state index contributed by atoms with van der Waals surface area (Å²) in [4.78, 5) is 12.0. The summed E-state index contributed by atoms with van der Waals surface area (Å²) in [6.07, 6.45) is 2.52. The van der Waals surface area contributed by atoms with Gasteiger partial charge in [0.2, 0.25) is 5.91 Å². The third kappa shape index (κ3) is 4.15. The van der Waals surface area contributed by atoms with E-state index < -0.39 is 11.6 Å². The van der Waals surface area contributed by atoms with E-state index in [1.54, 1.807) is 6.07 Å². The predicted molar refractivity (Wildman–Crippen MR) is 89.4 cm³/mol. The summed E-state index contributed by atoms with van der Waals surface area (Å²) in [7, 11) is 0. The van der Waals surface area contributed by atoms with Gasteiger partial charge in [0.1, 0.15) is 24.8 Å². The number of hydrogen-bond acceptors (Lipinski definition) is 3. The average Bonchev–Trinajstić information content (AvgIpc) is 2.60. The number of amides is 1. The Morgan fingerprint density at radius 3 is 2.64 bits per heavy atom. The number of benzene rings is 2. The van der Waals surface area contributed by atoms with Gasteiger partial charge >= 0.3 is 0 Å². The maximum absolute atomic E-state index is 13.5. The average molecular weight is 345 g/mol. The van der Waals surface area contributed by atoms with Crippen LogP contribution in [0.2, 0.25) is 0 Å². The van der Waals surface area contributed by atoms with Gasteiger partial charge in [0.15, 0.2) is 11.5 Å². The first-order chi connectivity index (χ1) is 12.0. The minimum Gasteiger partial charge on any atom is -0.486 e. The van der Waals surface area contributed by atoms with Gasteiger partial charge in [-0.15, -0.1) is 0 Å². The Balaban J connectivity index is 1.65. The lowest BCUT2D eigenvalue weighted by Crippen LogP contribution is -2.25. The minimum absolute atomic E-state index is 0.142. The summed E-state index contributed by atoms with van der Waals surface area (Å²) in [5, 5.41) is 2.79. The number of hydrogen-bond donors (Lipinski definition) is 1. The quantitative estimate of drug-likeness (QED) is 0.861. The van der Waals surface area contributed by atoms with E-state index in [1.807, 2.05) is 19.1 Å². The van der Waals surface area contributed by atoms with Crippen LogP contribution in [0.5, 0.6) is 11.5 Å². The Labute approximate surface area is 144 Å². The Bertz CT molecular complexity index is 820. The van der Waals surface area contributed by atoms with Crippen molar-refractivity contribution in [2.75, 3.05) is 13.2 Å². The van der Waals surface area contributed by atoms with Crippen LogP contribution in [-0.2, 0) is 4.79 Å². The SMILES string of the molecule is CC(NC(=O)/C=C/c1ccc(F)cc1F)c1ccc2c(c1)OCCO2. The molecule has 1 aliphatic heterocycles. The highest BCUT2D eigenvalue weighted by Crippen LogP contribution is 2.32. The van der Waals surface area contributed by atoms with Gasteiger partial charge in [-0.1, -0.05) is 6.07 Å². The molecule has 6 heteroatoms. The summed E-state index contributed by atoms with van der Waals surface area (Å²) in [5.41, 5.74) is 1.00. The van der Waals surface area contributed by atoms with Crippen molar-refractivity contribution in [2.45, 2.75) is 13.0 Å². The second kappa shape index (κ2) is 7.34. The Morgan fingerprint density at radius 2 is 1.88 bits per heavy atom.